The molecule has 0 aromatic heterocycles. The van der Waals surface area contributed by atoms with E-state index in [2.05, 4.69) is 0 Å². The van der Waals surface area contributed by atoms with E-state index in [0.717, 1.165) is 48.5 Å². The van der Waals surface area contributed by atoms with Crippen molar-refractivity contribution in [3.05, 3.63) is 111 Å². The lowest BCUT2D eigenvalue weighted by Crippen LogP contribution is -2.35. The van der Waals surface area contributed by atoms with E-state index in [1.165, 1.54) is 61.8 Å². The average Bonchev–Trinajstić information content (AvgIpc) is 3.40. The Morgan fingerprint density at radius 1 is 0.392 bits per heavy atom. The van der Waals surface area contributed by atoms with Gasteiger partial charge in [0, 0.05) is 55.1 Å². The van der Waals surface area contributed by atoms with Gasteiger partial charge in [0.05, 0.1) is 123 Å². The van der Waals surface area contributed by atoms with Crippen LogP contribution in [0.3, 0.4) is 0 Å². The summed E-state index contributed by atoms with van der Waals surface area (Å²) in [6.07, 6.45) is -0.345. The van der Waals surface area contributed by atoms with Gasteiger partial charge in [-0.25, -0.2) is 0 Å². The molecule has 4 aromatic carbocycles. The van der Waals surface area contributed by atoms with Crippen LogP contribution in [0, 0.1) is 58.2 Å². The van der Waals surface area contributed by atoms with Gasteiger partial charge in [0.2, 0.25) is 0 Å². The molecule has 74 heavy (non-hydrogen) atoms. The van der Waals surface area contributed by atoms with Crippen LogP contribution >= 0.6 is 0 Å². The highest BCUT2D eigenvalue weighted by Crippen LogP contribution is 2.43. The number of hydrogen-bond donors (Lipinski definition) is 0. The highest BCUT2D eigenvalue weighted by atomic mass is 16.6. The zero-order valence-electron chi connectivity index (χ0n) is 41.8. The van der Waals surface area contributed by atoms with Gasteiger partial charge in [-0.05, 0) is 44.9 Å². The molecule has 1 heterocycles. The zero-order valence-corrected chi connectivity index (χ0v) is 41.8. The summed E-state index contributed by atoms with van der Waals surface area (Å²) in [5.74, 6) is -6.84. The molecule has 1 aliphatic rings. The molecule has 1 amide bonds. The molecule has 0 aliphatic carbocycles. The van der Waals surface area contributed by atoms with Crippen LogP contribution in [-0.2, 0) is 0 Å². The largest absolute Gasteiger partial charge is 0.493 e. The van der Waals surface area contributed by atoms with E-state index in [-0.39, 0.29) is 133 Å². The highest BCUT2D eigenvalue weighted by Gasteiger charge is 2.36. The number of rotatable bonds is 19. The maximum atomic E-state index is 14.9. The molecule has 0 radical (unpaired) electrons. The molecule has 1 aliphatic heterocycles. The minimum absolute atomic E-state index is 0.00787. The highest BCUT2D eigenvalue weighted by molar-refractivity contribution is 6.04. The number of benzene rings is 4. The van der Waals surface area contributed by atoms with Crippen molar-refractivity contribution in [2.45, 2.75) is 51.4 Å². The molecule has 1 fully saturated rings. The Bertz CT molecular complexity index is 2460. The predicted octanol–water partition coefficient (Wildman–Crippen LogP) is 8.46. The lowest BCUT2D eigenvalue weighted by Gasteiger charge is -2.28. The molecule has 0 saturated carbocycles. The number of nitro benzene ring substituents is 4. The molecular formula is C49H55N5O20. The van der Waals surface area contributed by atoms with Crippen LogP contribution in [-0.4, -0.2) is 118 Å². The lowest BCUT2D eigenvalue weighted by atomic mass is 9.80. The number of nitrogens with zero attached hydrogens (tertiary/aromatic N) is 5. The van der Waals surface area contributed by atoms with Gasteiger partial charge in [0.15, 0.2) is 63.3 Å². The standard InChI is InChI=1S/C49H55N5O20/c1-67-38-23-30(51(59)60)19-34(45(38)71-5)42(55)27-11-9-12-29(44(57)36-21-32(53(63)64)25-40(69-3)47(36)73-7)16-18-50(49(58)37-22-33(54(65)66)26-41(70-4)48(37)74-8)17-10-13-28(15-14-27)43(56)35-20-31(52(61)62)24-39(68-2)46(35)72-6/h19-29H,9-18H2,1-8H3. The Kier molecular flexibility index (Phi) is 19.1. The first-order chi connectivity index (χ1) is 35.3. The number of carbonyl (C=O) groups excluding carboxylic acids is 4. The Morgan fingerprint density at radius 3 is 0.973 bits per heavy atom. The van der Waals surface area contributed by atoms with Gasteiger partial charge in [0.1, 0.15) is 0 Å². The van der Waals surface area contributed by atoms with Crippen molar-refractivity contribution in [3.63, 3.8) is 0 Å². The third-order valence-electron chi connectivity index (χ3n) is 12.8. The third kappa shape index (κ3) is 12.3. The summed E-state index contributed by atoms with van der Waals surface area (Å²) in [5.41, 5.74) is -2.90. The van der Waals surface area contributed by atoms with Crippen LogP contribution in [0.25, 0.3) is 0 Å². The average molecular weight is 1030 g/mol. The fourth-order valence-electron chi connectivity index (χ4n) is 9.15. The van der Waals surface area contributed by atoms with Crippen LogP contribution in [0.2, 0.25) is 0 Å². The first-order valence-corrected chi connectivity index (χ1v) is 22.9. The molecule has 1 saturated heterocycles. The molecule has 4 aromatic rings. The Morgan fingerprint density at radius 2 is 0.676 bits per heavy atom. The summed E-state index contributed by atoms with van der Waals surface area (Å²) in [7, 11) is 9.89. The van der Waals surface area contributed by atoms with Crippen molar-refractivity contribution in [2.24, 2.45) is 17.8 Å². The summed E-state index contributed by atoms with van der Waals surface area (Å²) in [5, 5.41) is 48.4. The fraction of sp³-hybridized carbons (Fsp3) is 0.429. The van der Waals surface area contributed by atoms with Crippen molar-refractivity contribution in [2.75, 3.05) is 70.0 Å². The summed E-state index contributed by atoms with van der Waals surface area (Å²) in [6, 6.07) is 8.47. The van der Waals surface area contributed by atoms with Crippen molar-refractivity contribution < 1.29 is 76.8 Å². The minimum Gasteiger partial charge on any atom is -0.493 e. The van der Waals surface area contributed by atoms with Gasteiger partial charge in [0.25, 0.3) is 28.7 Å². The number of non-ortho nitro benzene ring substituents is 4. The first-order valence-electron chi connectivity index (χ1n) is 22.9. The second-order valence-electron chi connectivity index (χ2n) is 16.9. The maximum absolute atomic E-state index is 14.9. The van der Waals surface area contributed by atoms with E-state index >= 15 is 0 Å². The van der Waals surface area contributed by atoms with Crippen LogP contribution in [0.15, 0.2) is 48.5 Å². The Labute approximate surface area is 423 Å². The van der Waals surface area contributed by atoms with Crippen LogP contribution in [0.4, 0.5) is 22.7 Å². The quantitative estimate of drug-likeness (QED) is 0.0482. The molecule has 0 spiro atoms. The van der Waals surface area contributed by atoms with Crippen LogP contribution < -0.4 is 37.9 Å². The number of amides is 1. The van der Waals surface area contributed by atoms with Gasteiger partial charge in [-0.3, -0.25) is 59.6 Å². The smallest absolute Gasteiger partial charge is 0.274 e. The second kappa shape index (κ2) is 25.1. The monoisotopic (exact) mass is 1030 g/mol. The van der Waals surface area contributed by atoms with E-state index in [4.69, 9.17) is 37.9 Å². The predicted molar refractivity (Wildman–Crippen MR) is 261 cm³/mol. The molecule has 25 nitrogen and oxygen atoms in total. The normalized spacial score (nSPS) is 16.3. The molecule has 3 unspecified atom stereocenters. The Hall–Kier alpha value is -8.64. The topological polar surface area (TPSA) is 318 Å². The van der Waals surface area contributed by atoms with Crippen molar-refractivity contribution in [3.8, 4) is 46.0 Å². The van der Waals surface area contributed by atoms with Crippen molar-refractivity contribution in [1.82, 2.24) is 4.90 Å². The number of nitro groups is 4. The summed E-state index contributed by atoms with van der Waals surface area (Å²) >= 11 is 0. The number of hydrogen-bond acceptors (Lipinski definition) is 20. The van der Waals surface area contributed by atoms with E-state index in [1.807, 2.05) is 0 Å². The van der Waals surface area contributed by atoms with Gasteiger partial charge in [-0.1, -0.05) is 6.42 Å². The maximum Gasteiger partial charge on any atom is 0.274 e. The van der Waals surface area contributed by atoms with Crippen molar-refractivity contribution >= 4 is 46.0 Å². The van der Waals surface area contributed by atoms with E-state index in [0.29, 0.717) is 0 Å². The molecule has 25 heteroatoms. The van der Waals surface area contributed by atoms with Crippen molar-refractivity contribution in [1.29, 1.82) is 0 Å². The van der Waals surface area contributed by atoms with Gasteiger partial charge >= 0.3 is 0 Å². The van der Waals surface area contributed by atoms with Gasteiger partial charge < -0.3 is 42.8 Å². The molecule has 0 bridgehead atoms. The molecular weight excluding hydrogens is 979 g/mol. The number of ether oxygens (including phenoxy) is 8. The summed E-state index contributed by atoms with van der Waals surface area (Å²) < 4.78 is 43.7. The number of Topliss-reactive ketones (excluding diaryl/α,β-unsaturated/α-hetero) is 3. The van der Waals surface area contributed by atoms with E-state index < -0.39 is 83.5 Å². The van der Waals surface area contributed by atoms with Crippen LogP contribution in [0.1, 0.15) is 92.8 Å². The number of carbonyl (C=O) groups is 4. The summed E-state index contributed by atoms with van der Waals surface area (Å²) in [4.78, 5) is 106. The zero-order chi connectivity index (χ0) is 54.6. The fourth-order valence-corrected chi connectivity index (χ4v) is 9.15. The molecule has 0 N–H and O–H groups in total. The van der Waals surface area contributed by atoms with Gasteiger partial charge in [-0.15, -0.1) is 0 Å². The summed E-state index contributed by atoms with van der Waals surface area (Å²) in [6.45, 7) is -0.409. The second-order valence-corrected chi connectivity index (χ2v) is 16.9. The number of ketones is 3. The molecule has 5 rings (SSSR count). The van der Waals surface area contributed by atoms with E-state index in [9.17, 15) is 59.6 Å². The number of methoxy groups -OCH3 is 8. The first kappa shape index (κ1) is 56.3. The van der Waals surface area contributed by atoms with Crippen LogP contribution in [0.5, 0.6) is 46.0 Å². The third-order valence-corrected chi connectivity index (χ3v) is 12.8. The molecule has 396 valence electrons. The molecule has 3 atom stereocenters. The van der Waals surface area contributed by atoms with E-state index in [1.54, 1.807) is 0 Å². The minimum atomic E-state index is -1.07. The SMILES string of the molecule is COc1cc([N+](=O)[O-])cc(C(=O)C2CCCC(C(=O)c3cc([N+](=O)[O-])cc(OC)c3OC)CCN(C(=O)c3cc([N+](=O)[O-])cc(OC)c3OC)CCCC(C(=O)c3cc([N+](=O)[O-])cc(OC)c3OC)CC2)c1OC. The Balaban J connectivity index is 1.71. The lowest BCUT2D eigenvalue weighted by molar-refractivity contribution is -0.385. The van der Waals surface area contributed by atoms with Gasteiger partial charge in [-0.2, -0.15) is 0 Å².